The summed E-state index contributed by atoms with van der Waals surface area (Å²) < 4.78 is 0. The molecule has 0 aliphatic rings. The maximum absolute atomic E-state index is 12.2. The molecule has 0 bridgehead atoms. The summed E-state index contributed by atoms with van der Waals surface area (Å²) in [4.78, 5) is 25.8. The van der Waals surface area contributed by atoms with Gasteiger partial charge in [0, 0.05) is 27.2 Å². The van der Waals surface area contributed by atoms with Crippen molar-refractivity contribution in [3.05, 3.63) is 11.4 Å². The van der Waals surface area contributed by atoms with E-state index in [2.05, 4.69) is 15.3 Å². The molecule has 114 valence electrons. The van der Waals surface area contributed by atoms with E-state index >= 15 is 0 Å². The minimum atomic E-state index is 0.107. The van der Waals surface area contributed by atoms with Gasteiger partial charge in [-0.1, -0.05) is 0 Å². The van der Waals surface area contributed by atoms with Crippen LogP contribution in [-0.4, -0.2) is 54.5 Å². The third-order valence-corrected chi connectivity index (χ3v) is 4.19. The van der Waals surface area contributed by atoms with E-state index in [1.807, 2.05) is 42.1 Å². The molecule has 0 aliphatic carbocycles. The fraction of sp³-hybridized carbons (Fsp3) is 0.500. The second-order valence-corrected chi connectivity index (χ2v) is 5.58. The Morgan fingerprint density at radius 3 is 2.67 bits per heavy atom. The fourth-order valence-corrected chi connectivity index (χ4v) is 2.96. The number of nitrogens with zero attached hydrogens (tertiary/aromatic N) is 4. The molecule has 1 amide bonds. The minimum absolute atomic E-state index is 0.107. The van der Waals surface area contributed by atoms with Gasteiger partial charge < -0.3 is 15.1 Å². The molecule has 0 aliphatic heterocycles. The first-order valence-corrected chi connectivity index (χ1v) is 7.90. The van der Waals surface area contributed by atoms with Crippen LogP contribution in [0, 0.1) is 0 Å². The minimum Gasteiger partial charge on any atom is -0.357 e. The van der Waals surface area contributed by atoms with Gasteiger partial charge in [-0.2, -0.15) is 4.98 Å². The molecule has 0 saturated carbocycles. The van der Waals surface area contributed by atoms with Crippen LogP contribution in [0.1, 0.15) is 13.8 Å². The predicted octanol–water partition coefficient (Wildman–Crippen LogP) is 2.04. The second kappa shape index (κ2) is 6.71. The highest BCUT2D eigenvalue weighted by molar-refractivity contribution is 7.16. The maximum Gasteiger partial charge on any atom is 0.242 e. The van der Waals surface area contributed by atoms with E-state index in [9.17, 15) is 4.79 Å². The quantitative estimate of drug-likeness (QED) is 0.885. The summed E-state index contributed by atoms with van der Waals surface area (Å²) >= 11 is 1.57. The normalized spacial score (nSPS) is 10.7. The summed E-state index contributed by atoms with van der Waals surface area (Å²) in [7, 11) is 3.68. The zero-order valence-corrected chi connectivity index (χ0v) is 13.7. The SMILES string of the molecule is CCN(CC)C(=O)CN(C)c1nc(NC)nc2sccc12. The number of carbonyl (C=O) groups is 1. The average Bonchev–Trinajstić information content (AvgIpc) is 2.95. The van der Waals surface area contributed by atoms with Gasteiger partial charge in [-0.25, -0.2) is 4.98 Å². The molecule has 2 aromatic rings. The number of fused-ring (bicyclic) bond motifs is 1. The van der Waals surface area contributed by atoms with Crippen molar-refractivity contribution in [2.75, 3.05) is 43.9 Å². The van der Waals surface area contributed by atoms with Crippen LogP contribution in [0.5, 0.6) is 0 Å². The number of aromatic nitrogens is 2. The monoisotopic (exact) mass is 307 g/mol. The van der Waals surface area contributed by atoms with Crippen LogP contribution in [0.15, 0.2) is 11.4 Å². The molecule has 6 nitrogen and oxygen atoms in total. The third-order valence-electron chi connectivity index (χ3n) is 3.38. The summed E-state index contributed by atoms with van der Waals surface area (Å²) in [5.41, 5.74) is 0. The number of carbonyl (C=O) groups excluding carboxylic acids is 1. The van der Waals surface area contributed by atoms with Crippen LogP contribution in [0.3, 0.4) is 0 Å². The van der Waals surface area contributed by atoms with E-state index in [4.69, 9.17) is 0 Å². The molecule has 1 N–H and O–H groups in total. The molecule has 0 atom stereocenters. The summed E-state index contributed by atoms with van der Waals surface area (Å²) in [6, 6.07) is 1.99. The lowest BCUT2D eigenvalue weighted by Crippen LogP contribution is -2.39. The molecule has 2 rings (SSSR count). The first kappa shape index (κ1) is 15.5. The van der Waals surface area contributed by atoms with Gasteiger partial charge in [0.15, 0.2) is 0 Å². The molecule has 0 unspecified atom stereocenters. The number of amides is 1. The lowest BCUT2D eigenvalue weighted by molar-refractivity contribution is -0.129. The standard InChI is InChI=1S/C14H21N5OS/c1-5-19(6-2)11(20)9-18(4)12-10-7-8-21-13(10)17-14(15-3)16-12/h7-8H,5-6,9H2,1-4H3,(H,15,16,17). The van der Waals surface area contributed by atoms with Crippen LogP contribution < -0.4 is 10.2 Å². The molecule has 2 heterocycles. The van der Waals surface area contributed by atoms with Crippen molar-refractivity contribution in [3.8, 4) is 0 Å². The first-order valence-electron chi connectivity index (χ1n) is 7.02. The highest BCUT2D eigenvalue weighted by atomic mass is 32.1. The molecule has 0 radical (unpaired) electrons. The first-order chi connectivity index (χ1) is 10.1. The lowest BCUT2D eigenvalue weighted by Gasteiger charge is -2.24. The molecule has 7 heteroatoms. The van der Waals surface area contributed by atoms with Crippen molar-refractivity contribution in [3.63, 3.8) is 0 Å². The van der Waals surface area contributed by atoms with Crippen LogP contribution in [0.2, 0.25) is 0 Å². The molecular formula is C14H21N5OS. The Balaban J connectivity index is 2.28. The van der Waals surface area contributed by atoms with Gasteiger partial charge in [-0.15, -0.1) is 11.3 Å². The van der Waals surface area contributed by atoms with E-state index in [1.54, 1.807) is 18.4 Å². The van der Waals surface area contributed by atoms with Crippen molar-refractivity contribution < 1.29 is 4.79 Å². The van der Waals surface area contributed by atoms with Crippen LogP contribution >= 0.6 is 11.3 Å². The molecule has 2 aromatic heterocycles. The maximum atomic E-state index is 12.2. The van der Waals surface area contributed by atoms with Gasteiger partial charge in [0.25, 0.3) is 0 Å². The highest BCUT2D eigenvalue weighted by Crippen LogP contribution is 2.28. The number of anilines is 2. The Morgan fingerprint density at radius 1 is 1.33 bits per heavy atom. The van der Waals surface area contributed by atoms with Gasteiger partial charge in [-0.3, -0.25) is 4.79 Å². The van der Waals surface area contributed by atoms with E-state index in [0.717, 1.165) is 29.1 Å². The smallest absolute Gasteiger partial charge is 0.242 e. The van der Waals surface area contributed by atoms with Gasteiger partial charge in [0.1, 0.15) is 10.6 Å². The van der Waals surface area contributed by atoms with Gasteiger partial charge in [0.05, 0.1) is 11.9 Å². The topological polar surface area (TPSA) is 61.4 Å². The number of likely N-dealkylation sites (N-methyl/N-ethyl adjacent to an activating group) is 2. The molecule has 0 fully saturated rings. The molecule has 0 spiro atoms. The Bertz CT molecular complexity index is 623. The average molecular weight is 307 g/mol. The van der Waals surface area contributed by atoms with Crippen molar-refractivity contribution >= 4 is 39.2 Å². The Kier molecular flexibility index (Phi) is 4.95. The zero-order chi connectivity index (χ0) is 15.4. The largest absolute Gasteiger partial charge is 0.357 e. The fourth-order valence-electron chi connectivity index (χ4n) is 2.20. The predicted molar refractivity (Wildman–Crippen MR) is 88.2 cm³/mol. The molecule has 0 aromatic carbocycles. The van der Waals surface area contributed by atoms with Crippen LogP contribution in [0.25, 0.3) is 10.2 Å². The molecular weight excluding hydrogens is 286 g/mol. The Morgan fingerprint density at radius 2 is 2.05 bits per heavy atom. The summed E-state index contributed by atoms with van der Waals surface area (Å²) in [5, 5.41) is 5.93. The van der Waals surface area contributed by atoms with Crippen molar-refractivity contribution in [1.29, 1.82) is 0 Å². The lowest BCUT2D eigenvalue weighted by atomic mass is 10.3. The van der Waals surface area contributed by atoms with Crippen LogP contribution in [-0.2, 0) is 4.79 Å². The molecule has 21 heavy (non-hydrogen) atoms. The summed E-state index contributed by atoms with van der Waals surface area (Å²) in [6.45, 7) is 5.74. The van der Waals surface area contributed by atoms with Crippen molar-refractivity contribution in [2.45, 2.75) is 13.8 Å². The van der Waals surface area contributed by atoms with Gasteiger partial charge >= 0.3 is 0 Å². The third kappa shape index (κ3) is 3.24. The Labute approximate surface area is 128 Å². The number of rotatable bonds is 6. The van der Waals surface area contributed by atoms with E-state index in [-0.39, 0.29) is 5.91 Å². The van der Waals surface area contributed by atoms with Crippen LogP contribution in [0.4, 0.5) is 11.8 Å². The molecule has 0 saturated heterocycles. The summed E-state index contributed by atoms with van der Waals surface area (Å²) in [5.74, 6) is 1.46. The van der Waals surface area contributed by atoms with Crippen molar-refractivity contribution in [1.82, 2.24) is 14.9 Å². The number of nitrogens with one attached hydrogen (secondary N) is 1. The Hall–Kier alpha value is -1.89. The van der Waals surface area contributed by atoms with E-state index in [0.29, 0.717) is 12.5 Å². The zero-order valence-electron chi connectivity index (χ0n) is 12.9. The summed E-state index contributed by atoms with van der Waals surface area (Å²) in [6.07, 6.45) is 0. The van der Waals surface area contributed by atoms with Gasteiger partial charge in [0.2, 0.25) is 11.9 Å². The van der Waals surface area contributed by atoms with E-state index < -0.39 is 0 Å². The van der Waals surface area contributed by atoms with Gasteiger partial charge in [-0.05, 0) is 25.3 Å². The van der Waals surface area contributed by atoms with E-state index in [1.165, 1.54) is 0 Å². The van der Waals surface area contributed by atoms with Crippen molar-refractivity contribution in [2.24, 2.45) is 0 Å². The second-order valence-electron chi connectivity index (χ2n) is 4.68. The number of hydrogen-bond acceptors (Lipinski definition) is 6. The highest BCUT2D eigenvalue weighted by Gasteiger charge is 2.17. The number of thiophene rings is 1. The number of hydrogen-bond donors (Lipinski definition) is 1.